The van der Waals surface area contributed by atoms with Crippen LogP contribution in [0.25, 0.3) is 0 Å². The van der Waals surface area contributed by atoms with Crippen molar-refractivity contribution in [3.63, 3.8) is 0 Å². The fourth-order valence-corrected chi connectivity index (χ4v) is 4.46. The zero-order valence-electron chi connectivity index (χ0n) is 15.8. The maximum Gasteiger partial charge on any atom is 0.263 e. The maximum atomic E-state index is 13.0. The van der Waals surface area contributed by atoms with Crippen LogP contribution in [0.4, 0.5) is 4.39 Å². The molecule has 8 heteroatoms. The molecule has 0 spiro atoms. The number of halogens is 1. The van der Waals surface area contributed by atoms with E-state index in [1.807, 2.05) is 6.92 Å². The first-order valence-corrected chi connectivity index (χ1v) is 10.5. The van der Waals surface area contributed by atoms with Crippen molar-refractivity contribution in [1.29, 1.82) is 0 Å². The summed E-state index contributed by atoms with van der Waals surface area (Å²) < 4.78 is 45.4. The molecule has 1 heterocycles. The first kappa shape index (κ1) is 20.3. The molecule has 1 fully saturated rings. The summed E-state index contributed by atoms with van der Waals surface area (Å²) in [7, 11) is -3.57. The minimum atomic E-state index is -3.57. The molecule has 6 nitrogen and oxygen atoms in total. The van der Waals surface area contributed by atoms with Crippen molar-refractivity contribution in [3.8, 4) is 5.75 Å². The third-order valence-corrected chi connectivity index (χ3v) is 6.60. The van der Waals surface area contributed by atoms with Crippen LogP contribution in [0.3, 0.4) is 0 Å². The van der Waals surface area contributed by atoms with Gasteiger partial charge in [0.15, 0.2) is 6.10 Å². The quantitative estimate of drug-likeness (QED) is 0.765. The van der Waals surface area contributed by atoms with Crippen LogP contribution in [0.5, 0.6) is 5.75 Å². The minimum Gasteiger partial charge on any atom is -0.481 e. The van der Waals surface area contributed by atoms with Crippen LogP contribution in [-0.4, -0.2) is 55.8 Å². The molecule has 1 amide bonds. The Morgan fingerprint density at radius 3 is 2.14 bits per heavy atom. The molecule has 2 aromatic rings. The fourth-order valence-electron chi connectivity index (χ4n) is 3.03. The molecule has 0 N–H and O–H groups in total. The first-order valence-electron chi connectivity index (χ1n) is 9.05. The number of hydrogen-bond donors (Lipinski definition) is 0. The predicted molar refractivity (Wildman–Crippen MR) is 103 cm³/mol. The molecule has 0 radical (unpaired) electrons. The van der Waals surface area contributed by atoms with E-state index in [1.165, 1.54) is 28.6 Å². The van der Waals surface area contributed by atoms with Gasteiger partial charge in [-0.15, -0.1) is 0 Å². The van der Waals surface area contributed by atoms with Gasteiger partial charge in [0.25, 0.3) is 5.91 Å². The van der Waals surface area contributed by atoms with Crippen LogP contribution >= 0.6 is 0 Å². The van der Waals surface area contributed by atoms with Crippen LogP contribution in [0.15, 0.2) is 53.4 Å². The van der Waals surface area contributed by atoms with Crippen LogP contribution in [-0.2, 0) is 14.8 Å². The van der Waals surface area contributed by atoms with Crippen molar-refractivity contribution in [2.75, 3.05) is 26.2 Å². The second-order valence-corrected chi connectivity index (χ2v) is 8.69. The number of piperazine rings is 1. The van der Waals surface area contributed by atoms with Gasteiger partial charge in [0.2, 0.25) is 10.0 Å². The van der Waals surface area contributed by atoms with Gasteiger partial charge in [0.1, 0.15) is 11.6 Å². The highest BCUT2D eigenvalue weighted by molar-refractivity contribution is 7.89. The predicted octanol–water partition coefficient (Wildman–Crippen LogP) is 2.43. The van der Waals surface area contributed by atoms with E-state index in [0.29, 0.717) is 18.8 Å². The topological polar surface area (TPSA) is 66.9 Å². The number of ether oxygens (including phenoxy) is 1. The number of amides is 1. The second kappa shape index (κ2) is 8.28. The average Bonchev–Trinajstić information content (AvgIpc) is 2.69. The number of carbonyl (C=O) groups excluding carboxylic acids is 1. The highest BCUT2D eigenvalue weighted by Crippen LogP contribution is 2.19. The monoisotopic (exact) mass is 406 g/mol. The van der Waals surface area contributed by atoms with E-state index in [-0.39, 0.29) is 29.7 Å². The summed E-state index contributed by atoms with van der Waals surface area (Å²) >= 11 is 0. The summed E-state index contributed by atoms with van der Waals surface area (Å²) in [5.74, 6) is -0.197. The standard InChI is InChI=1S/C20H23FN2O4S/c1-15-3-9-19(10-4-15)28(25,26)23-13-11-22(12-14-23)20(24)16(2)27-18-7-5-17(21)6-8-18/h3-10,16H,11-14H2,1-2H3. The van der Waals surface area contributed by atoms with Gasteiger partial charge in [-0.05, 0) is 50.2 Å². The number of benzene rings is 2. The third kappa shape index (κ3) is 4.51. The van der Waals surface area contributed by atoms with E-state index in [0.717, 1.165) is 5.56 Å². The maximum absolute atomic E-state index is 13.0. The van der Waals surface area contributed by atoms with Gasteiger partial charge >= 0.3 is 0 Å². The summed E-state index contributed by atoms with van der Waals surface area (Å²) in [5.41, 5.74) is 0.990. The molecule has 3 rings (SSSR count). The van der Waals surface area contributed by atoms with E-state index in [1.54, 1.807) is 36.1 Å². The van der Waals surface area contributed by atoms with Gasteiger partial charge < -0.3 is 9.64 Å². The molecular weight excluding hydrogens is 383 g/mol. The lowest BCUT2D eigenvalue weighted by molar-refractivity contribution is -0.139. The second-order valence-electron chi connectivity index (χ2n) is 6.76. The van der Waals surface area contributed by atoms with Gasteiger partial charge in [-0.25, -0.2) is 12.8 Å². The molecule has 2 aromatic carbocycles. The van der Waals surface area contributed by atoms with E-state index < -0.39 is 16.1 Å². The van der Waals surface area contributed by atoms with Crippen LogP contribution in [0.1, 0.15) is 12.5 Å². The molecule has 1 unspecified atom stereocenters. The van der Waals surface area contributed by atoms with Crippen LogP contribution in [0.2, 0.25) is 0 Å². The Hall–Kier alpha value is -2.45. The Balaban J connectivity index is 1.58. The minimum absolute atomic E-state index is 0.225. The molecule has 1 saturated heterocycles. The highest BCUT2D eigenvalue weighted by atomic mass is 32.2. The highest BCUT2D eigenvalue weighted by Gasteiger charge is 2.32. The van der Waals surface area contributed by atoms with Crippen molar-refractivity contribution in [2.24, 2.45) is 0 Å². The largest absolute Gasteiger partial charge is 0.481 e. The molecular formula is C20H23FN2O4S. The molecule has 1 aliphatic rings. The summed E-state index contributed by atoms with van der Waals surface area (Å²) in [6, 6.07) is 12.2. The van der Waals surface area contributed by atoms with Gasteiger partial charge in [0.05, 0.1) is 4.90 Å². The van der Waals surface area contributed by atoms with E-state index >= 15 is 0 Å². The summed E-state index contributed by atoms with van der Waals surface area (Å²) in [6.07, 6.45) is -0.745. The lowest BCUT2D eigenvalue weighted by atomic mass is 10.2. The number of carbonyl (C=O) groups is 1. The van der Waals surface area contributed by atoms with Crippen LogP contribution < -0.4 is 4.74 Å². The Bertz CT molecular complexity index is 922. The Morgan fingerprint density at radius 1 is 1.00 bits per heavy atom. The average molecular weight is 406 g/mol. The van der Waals surface area contributed by atoms with Crippen molar-refractivity contribution < 1.29 is 22.3 Å². The van der Waals surface area contributed by atoms with E-state index in [4.69, 9.17) is 4.74 Å². The summed E-state index contributed by atoms with van der Waals surface area (Å²) in [5, 5.41) is 0. The Morgan fingerprint density at radius 2 is 1.57 bits per heavy atom. The molecule has 150 valence electrons. The lowest BCUT2D eigenvalue weighted by Gasteiger charge is -2.35. The van der Waals surface area contributed by atoms with E-state index in [9.17, 15) is 17.6 Å². The van der Waals surface area contributed by atoms with Gasteiger partial charge in [-0.2, -0.15) is 4.31 Å². The van der Waals surface area contributed by atoms with Crippen LogP contribution in [0, 0.1) is 12.7 Å². The lowest BCUT2D eigenvalue weighted by Crippen LogP contribution is -2.53. The Labute approximate surface area is 164 Å². The van der Waals surface area contributed by atoms with E-state index in [2.05, 4.69) is 0 Å². The van der Waals surface area contributed by atoms with Gasteiger partial charge in [0, 0.05) is 26.2 Å². The summed E-state index contributed by atoms with van der Waals surface area (Å²) in [6.45, 7) is 4.57. The van der Waals surface area contributed by atoms with Crippen molar-refractivity contribution in [3.05, 3.63) is 59.9 Å². The molecule has 1 atom stereocenters. The zero-order valence-corrected chi connectivity index (χ0v) is 16.7. The molecule has 1 aliphatic heterocycles. The SMILES string of the molecule is Cc1ccc(S(=O)(=O)N2CCN(C(=O)C(C)Oc3ccc(F)cc3)CC2)cc1. The third-order valence-electron chi connectivity index (χ3n) is 4.68. The molecule has 0 bridgehead atoms. The summed E-state index contributed by atoms with van der Waals surface area (Å²) in [4.78, 5) is 14.4. The zero-order chi connectivity index (χ0) is 20.3. The molecule has 0 aromatic heterocycles. The van der Waals surface area contributed by atoms with Gasteiger partial charge in [-0.1, -0.05) is 17.7 Å². The molecule has 0 aliphatic carbocycles. The Kier molecular flexibility index (Phi) is 6.00. The van der Waals surface area contributed by atoms with Crippen molar-refractivity contribution in [1.82, 2.24) is 9.21 Å². The number of hydrogen-bond acceptors (Lipinski definition) is 4. The van der Waals surface area contributed by atoms with Crippen molar-refractivity contribution >= 4 is 15.9 Å². The first-order chi connectivity index (χ1) is 13.3. The van der Waals surface area contributed by atoms with Gasteiger partial charge in [-0.3, -0.25) is 4.79 Å². The number of sulfonamides is 1. The molecule has 0 saturated carbocycles. The number of rotatable bonds is 5. The van der Waals surface area contributed by atoms with Crippen molar-refractivity contribution in [2.45, 2.75) is 24.8 Å². The smallest absolute Gasteiger partial charge is 0.263 e. The number of nitrogens with zero attached hydrogens (tertiary/aromatic N) is 2. The number of aryl methyl sites for hydroxylation is 1. The molecule has 28 heavy (non-hydrogen) atoms. The normalized spacial score (nSPS) is 16.6. The fraction of sp³-hybridized carbons (Fsp3) is 0.350.